The summed E-state index contributed by atoms with van der Waals surface area (Å²) in [6, 6.07) is 6.02. The van der Waals surface area contributed by atoms with Crippen LogP contribution in [0.2, 0.25) is 0 Å². The third-order valence-electron chi connectivity index (χ3n) is 2.49. The molecule has 18 heavy (non-hydrogen) atoms. The fraction of sp³-hybridized carbons (Fsp3) is 0.167. The molecule has 6 heteroatoms. The number of rotatable bonds is 4. The van der Waals surface area contributed by atoms with Gasteiger partial charge < -0.3 is 5.32 Å². The number of nitro groups is 1. The Balaban J connectivity index is 2.04. The molecule has 0 aliphatic carbocycles. The van der Waals surface area contributed by atoms with Crippen LogP contribution < -0.4 is 5.32 Å². The first kappa shape index (κ1) is 12.5. The first-order chi connectivity index (χ1) is 8.56. The van der Waals surface area contributed by atoms with E-state index < -0.39 is 4.92 Å². The van der Waals surface area contributed by atoms with Crippen molar-refractivity contribution in [3.63, 3.8) is 0 Å². The Hall–Kier alpha value is -1.95. The number of nitrogens with one attached hydrogen (secondary N) is 1. The topological polar surface area (TPSA) is 55.2 Å². The van der Waals surface area contributed by atoms with Crippen molar-refractivity contribution in [2.75, 3.05) is 5.32 Å². The van der Waals surface area contributed by atoms with Gasteiger partial charge in [0.2, 0.25) is 0 Å². The van der Waals surface area contributed by atoms with Gasteiger partial charge in [0.1, 0.15) is 5.82 Å². The van der Waals surface area contributed by atoms with Crippen molar-refractivity contribution < 1.29 is 9.31 Å². The highest BCUT2D eigenvalue weighted by molar-refractivity contribution is 7.13. The maximum atomic E-state index is 12.9. The van der Waals surface area contributed by atoms with E-state index >= 15 is 0 Å². The Bertz CT molecular complexity index is 583. The maximum absolute atomic E-state index is 12.9. The summed E-state index contributed by atoms with van der Waals surface area (Å²) in [5.41, 5.74) is 2.47. The van der Waals surface area contributed by atoms with Gasteiger partial charge in [-0.3, -0.25) is 10.1 Å². The molecule has 0 amide bonds. The number of hydrogen-bond acceptors (Lipinski definition) is 4. The zero-order chi connectivity index (χ0) is 13.1. The Kier molecular flexibility index (Phi) is 3.57. The number of benzene rings is 1. The predicted molar refractivity (Wildman–Crippen MR) is 69.4 cm³/mol. The molecule has 4 nitrogen and oxygen atoms in total. The van der Waals surface area contributed by atoms with Crippen molar-refractivity contribution in [1.82, 2.24) is 0 Å². The highest BCUT2D eigenvalue weighted by atomic mass is 32.1. The normalized spacial score (nSPS) is 10.3. The fourth-order valence-electron chi connectivity index (χ4n) is 1.57. The summed E-state index contributed by atoms with van der Waals surface area (Å²) in [6.45, 7) is 2.29. The van der Waals surface area contributed by atoms with Crippen molar-refractivity contribution in [1.29, 1.82) is 0 Å². The van der Waals surface area contributed by atoms with Gasteiger partial charge in [0, 0.05) is 23.7 Å². The quantitative estimate of drug-likeness (QED) is 0.678. The van der Waals surface area contributed by atoms with E-state index in [2.05, 4.69) is 5.32 Å². The molecular weight excluding hydrogens is 255 g/mol. The summed E-state index contributed by atoms with van der Waals surface area (Å²) in [5.74, 6) is -0.274. The number of hydrogen-bond donors (Lipinski definition) is 1. The SMILES string of the molecule is Cc1cc(F)ccc1NCc1csc([N+](=O)[O-])c1. The number of thiophene rings is 1. The van der Waals surface area contributed by atoms with E-state index in [1.807, 2.05) is 6.92 Å². The van der Waals surface area contributed by atoms with Crippen LogP contribution in [0.1, 0.15) is 11.1 Å². The highest BCUT2D eigenvalue weighted by Gasteiger charge is 2.09. The third-order valence-corrected chi connectivity index (χ3v) is 3.42. The number of halogens is 1. The molecule has 2 rings (SSSR count). The number of nitrogens with zero attached hydrogens (tertiary/aromatic N) is 1. The van der Waals surface area contributed by atoms with Gasteiger partial charge in [0.15, 0.2) is 0 Å². The minimum Gasteiger partial charge on any atom is -0.381 e. The van der Waals surface area contributed by atoms with Crippen molar-refractivity contribution in [2.24, 2.45) is 0 Å². The Morgan fingerprint density at radius 2 is 2.22 bits per heavy atom. The van der Waals surface area contributed by atoms with Crippen molar-refractivity contribution in [3.05, 3.63) is 56.7 Å². The lowest BCUT2D eigenvalue weighted by molar-refractivity contribution is -0.380. The van der Waals surface area contributed by atoms with Gasteiger partial charge in [0.25, 0.3) is 0 Å². The zero-order valence-corrected chi connectivity index (χ0v) is 10.5. The molecule has 1 N–H and O–H groups in total. The molecule has 0 aliphatic rings. The smallest absolute Gasteiger partial charge is 0.324 e. The predicted octanol–water partition coefficient (Wildman–Crippen LogP) is 3.72. The van der Waals surface area contributed by atoms with Gasteiger partial charge in [-0.1, -0.05) is 11.3 Å². The standard InChI is InChI=1S/C12H11FN2O2S/c1-8-4-10(13)2-3-11(8)14-6-9-5-12(15(16)17)18-7-9/h2-5,7,14H,6H2,1H3. The molecule has 1 aromatic heterocycles. The van der Waals surface area contributed by atoms with Gasteiger partial charge in [-0.2, -0.15) is 0 Å². The Morgan fingerprint density at radius 1 is 1.44 bits per heavy atom. The van der Waals surface area contributed by atoms with Crippen molar-refractivity contribution >= 4 is 22.0 Å². The third kappa shape index (κ3) is 2.84. The lowest BCUT2D eigenvalue weighted by Crippen LogP contribution is -2.00. The summed E-state index contributed by atoms with van der Waals surface area (Å²) < 4.78 is 12.9. The van der Waals surface area contributed by atoms with Crippen LogP contribution in [0.5, 0.6) is 0 Å². The molecule has 0 bridgehead atoms. The van der Waals surface area contributed by atoms with Crippen LogP contribution in [0.3, 0.4) is 0 Å². The van der Waals surface area contributed by atoms with Crippen LogP contribution in [0.25, 0.3) is 0 Å². The molecule has 1 aromatic carbocycles. The highest BCUT2D eigenvalue weighted by Crippen LogP contribution is 2.24. The van der Waals surface area contributed by atoms with E-state index in [9.17, 15) is 14.5 Å². The zero-order valence-electron chi connectivity index (χ0n) is 9.64. The first-order valence-corrected chi connectivity index (χ1v) is 6.16. The Morgan fingerprint density at radius 3 is 2.83 bits per heavy atom. The van der Waals surface area contributed by atoms with Crippen LogP contribution in [0.4, 0.5) is 15.1 Å². The molecule has 0 fully saturated rings. The number of aryl methyl sites for hydroxylation is 1. The second-order valence-electron chi connectivity index (χ2n) is 3.86. The van der Waals surface area contributed by atoms with E-state index in [4.69, 9.17) is 0 Å². The van der Waals surface area contributed by atoms with E-state index in [-0.39, 0.29) is 10.8 Å². The lowest BCUT2D eigenvalue weighted by Gasteiger charge is -2.08. The maximum Gasteiger partial charge on any atom is 0.324 e. The van der Waals surface area contributed by atoms with Gasteiger partial charge in [-0.15, -0.1) is 0 Å². The monoisotopic (exact) mass is 266 g/mol. The van der Waals surface area contributed by atoms with E-state index in [1.54, 1.807) is 11.4 Å². The van der Waals surface area contributed by atoms with E-state index in [0.717, 1.165) is 28.2 Å². The largest absolute Gasteiger partial charge is 0.381 e. The summed E-state index contributed by atoms with van der Waals surface area (Å²) >= 11 is 1.10. The molecule has 0 radical (unpaired) electrons. The van der Waals surface area contributed by atoms with Crippen LogP contribution >= 0.6 is 11.3 Å². The van der Waals surface area contributed by atoms with Crippen molar-refractivity contribution in [3.8, 4) is 0 Å². The molecule has 2 aromatic rings. The molecule has 0 aliphatic heterocycles. The van der Waals surface area contributed by atoms with Crippen LogP contribution in [-0.2, 0) is 6.54 Å². The summed E-state index contributed by atoms with van der Waals surface area (Å²) in [7, 11) is 0. The minimum atomic E-state index is -0.405. The molecule has 0 atom stereocenters. The Labute approximate surface area is 107 Å². The van der Waals surface area contributed by atoms with Gasteiger partial charge in [-0.05, 0) is 36.2 Å². The van der Waals surface area contributed by atoms with Crippen LogP contribution in [-0.4, -0.2) is 4.92 Å². The summed E-state index contributed by atoms with van der Waals surface area (Å²) in [4.78, 5) is 10.1. The molecule has 0 spiro atoms. The number of anilines is 1. The van der Waals surface area contributed by atoms with Gasteiger partial charge in [-0.25, -0.2) is 4.39 Å². The molecule has 0 saturated heterocycles. The molecule has 1 heterocycles. The average molecular weight is 266 g/mol. The summed E-state index contributed by atoms with van der Waals surface area (Å²) in [6.07, 6.45) is 0. The van der Waals surface area contributed by atoms with E-state index in [0.29, 0.717) is 6.54 Å². The van der Waals surface area contributed by atoms with Gasteiger partial charge in [0.05, 0.1) is 4.92 Å². The second-order valence-corrected chi connectivity index (χ2v) is 4.75. The minimum absolute atomic E-state index is 0.127. The van der Waals surface area contributed by atoms with Crippen LogP contribution in [0, 0.1) is 22.9 Å². The molecule has 94 valence electrons. The summed E-state index contributed by atoms with van der Waals surface area (Å²) in [5, 5.41) is 15.5. The fourth-order valence-corrected chi connectivity index (χ4v) is 2.30. The molecule has 0 unspecified atom stereocenters. The van der Waals surface area contributed by atoms with Gasteiger partial charge >= 0.3 is 5.00 Å². The second kappa shape index (κ2) is 5.14. The molecule has 0 saturated carbocycles. The van der Waals surface area contributed by atoms with Crippen LogP contribution in [0.15, 0.2) is 29.6 Å². The average Bonchev–Trinajstić information content (AvgIpc) is 2.76. The van der Waals surface area contributed by atoms with E-state index in [1.165, 1.54) is 18.2 Å². The molecular formula is C12H11FN2O2S. The first-order valence-electron chi connectivity index (χ1n) is 5.28. The van der Waals surface area contributed by atoms with Crippen molar-refractivity contribution in [2.45, 2.75) is 13.5 Å². The lowest BCUT2D eigenvalue weighted by atomic mass is 10.2.